The van der Waals surface area contributed by atoms with E-state index >= 15 is 0 Å². The van der Waals surface area contributed by atoms with Crippen LogP contribution in [0.2, 0.25) is 0 Å². The van der Waals surface area contributed by atoms with Gasteiger partial charge in [-0.3, -0.25) is 9.97 Å². The van der Waals surface area contributed by atoms with Crippen molar-refractivity contribution in [2.24, 2.45) is 0 Å². The summed E-state index contributed by atoms with van der Waals surface area (Å²) in [5.41, 5.74) is 5.97. The minimum Gasteiger partial charge on any atom is -0.487 e. The molecule has 3 heteroatoms. The van der Waals surface area contributed by atoms with Crippen LogP contribution in [0, 0.1) is 0 Å². The monoisotopic (exact) mass is 392 g/mol. The minimum absolute atomic E-state index is 0.113. The molecule has 0 radical (unpaired) electrons. The number of hydrogen-bond acceptors (Lipinski definition) is 3. The third-order valence-electron chi connectivity index (χ3n) is 6.13. The molecule has 1 aliphatic rings. The lowest BCUT2D eigenvalue weighted by atomic mass is 9.60. The van der Waals surface area contributed by atoms with Gasteiger partial charge in [0.25, 0.3) is 0 Å². The SMILES string of the molecule is c1ccc(COc2ccc(C3(c4ccc(-c5ccccn5)cc4)CCC3)cc2)nc1. The maximum absolute atomic E-state index is 5.91. The molecule has 148 valence electrons. The van der Waals surface area contributed by atoms with Crippen molar-refractivity contribution < 1.29 is 4.74 Å². The Kier molecular flexibility index (Phi) is 5.02. The quantitative estimate of drug-likeness (QED) is 0.392. The van der Waals surface area contributed by atoms with E-state index in [1.165, 1.54) is 30.4 Å². The van der Waals surface area contributed by atoms with Crippen LogP contribution >= 0.6 is 0 Å². The molecule has 2 aromatic carbocycles. The highest BCUT2D eigenvalue weighted by molar-refractivity contribution is 5.60. The summed E-state index contributed by atoms with van der Waals surface area (Å²) in [4.78, 5) is 8.78. The van der Waals surface area contributed by atoms with Crippen LogP contribution in [0.15, 0.2) is 97.3 Å². The number of pyridine rings is 2. The fourth-order valence-electron chi connectivity index (χ4n) is 4.28. The van der Waals surface area contributed by atoms with Gasteiger partial charge in [-0.1, -0.05) is 55.0 Å². The molecule has 0 aliphatic heterocycles. The highest BCUT2D eigenvalue weighted by Gasteiger charge is 2.40. The van der Waals surface area contributed by atoms with Crippen LogP contribution in [0.1, 0.15) is 36.1 Å². The second kappa shape index (κ2) is 8.11. The van der Waals surface area contributed by atoms with Crippen LogP contribution in [0.3, 0.4) is 0 Å². The number of rotatable bonds is 6. The van der Waals surface area contributed by atoms with Crippen molar-refractivity contribution in [1.82, 2.24) is 9.97 Å². The van der Waals surface area contributed by atoms with Crippen molar-refractivity contribution in [3.63, 3.8) is 0 Å². The van der Waals surface area contributed by atoms with Crippen LogP contribution in [0.25, 0.3) is 11.3 Å². The summed E-state index contributed by atoms with van der Waals surface area (Å²) in [6.07, 6.45) is 7.27. The second-order valence-corrected chi connectivity index (χ2v) is 7.86. The molecular weight excluding hydrogens is 368 g/mol. The highest BCUT2D eigenvalue weighted by atomic mass is 16.5. The van der Waals surface area contributed by atoms with Gasteiger partial charge >= 0.3 is 0 Å². The fraction of sp³-hybridized carbons (Fsp3) is 0.185. The Labute approximate surface area is 177 Å². The molecule has 0 amide bonds. The summed E-state index contributed by atoms with van der Waals surface area (Å²) in [7, 11) is 0. The molecule has 0 bridgehead atoms. The number of aromatic nitrogens is 2. The fourth-order valence-corrected chi connectivity index (χ4v) is 4.28. The zero-order chi connectivity index (χ0) is 20.2. The third-order valence-corrected chi connectivity index (χ3v) is 6.13. The first-order chi connectivity index (χ1) is 14.8. The summed E-state index contributed by atoms with van der Waals surface area (Å²) in [6.45, 7) is 0.486. The van der Waals surface area contributed by atoms with Crippen molar-refractivity contribution in [2.45, 2.75) is 31.3 Å². The van der Waals surface area contributed by atoms with Crippen molar-refractivity contribution >= 4 is 0 Å². The van der Waals surface area contributed by atoms with E-state index in [2.05, 4.69) is 64.6 Å². The van der Waals surface area contributed by atoms with Crippen molar-refractivity contribution in [2.75, 3.05) is 0 Å². The lowest BCUT2D eigenvalue weighted by molar-refractivity contribution is 0.294. The average molecular weight is 393 g/mol. The van der Waals surface area contributed by atoms with Crippen LogP contribution in [0.4, 0.5) is 0 Å². The van der Waals surface area contributed by atoms with Gasteiger partial charge in [-0.2, -0.15) is 0 Å². The molecule has 1 fully saturated rings. The summed E-state index contributed by atoms with van der Waals surface area (Å²) in [6, 6.07) is 29.5. The van der Waals surface area contributed by atoms with Gasteiger partial charge in [0.15, 0.2) is 0 Å². The topological polar surface area (TPSA) is 35.0 Å². The first kappa shape index (κ1) is 18.6. The summed E-state index contributed by atoms with van der Waals surface area (Å²) >= 11 is 0. The van der Waals surface area contributed by atoms with Crippen LogP contribution in [0.5, 0.6) is 5.75 Å². The smallest absolute Gasteiger partial charge is 0.130 e. The predicted molar refractivity (Wildman–Crippen MR) is 119 cm³/mol. The van der Waals surface area contributed by atoms with E-state index in [4.69, 9.17) is 4.74 Å². The van der Waals surface area contributed by atoms with Gasteiger partial charge in [0.05, 0.1) is 11.4 Å². The predicted octanol–water partition coefficient (Wildman–Crippen LogP) is 6.19. The standard InChI is InChI=1S/C27H24N2O/c1-3-18-28-24(6-1)20-30-25-14-12-23(13-15-25)27(16-5-17-27)22-10-8-21(9-11-22)26-7-2-4-19-29-26/h1-4,6-15,18-19H,5,16-17,20H2. The molecule has 0 saturated heterocycles. The first-order valence-corrected chi connectivity index (χ1v) is 10.5. The van der Waals surface area contributed by atoms with Crippen molar-refractivity contribution in [3.8, 4) is 17.0 Å². The van der Waals surface area contributed by atoms with E-state index in [0.717, 1.165) is 22.7 Å². The van der Waals surface area contributed by atoms with E-state index < -0.39 is 0 Å². The molecule has 4 aromatic rings. The highest BCUT2D eigenvalue weighted by Crippen LogP contribution is 2.49. The number of nitrogens with zero attached hydrogens (tertiary/aromatic N) is 2. The zero-order valence-corrected chi connectivity index (χ0v) is 16.9. The molecule has 2 heterocycles. The second-order valence-electron chi connectivity index (χ2n) is 7.86. The minimum atomic E-state index is 0.113. The van der Waals surface area contributed by atoms with Crippen LogP contribution < -0.4 is 4.74 Å². The summed E-state index contributed by atoms with van der Waals surface area (Å²) in [5, 5.41) is 0. The van der Waals surface area contributed by atoms with Crippen molar-refractivity contribution in [3.05, 3.63) is 114 Å². The molecule has 0 atom stereocenters. The average Bonchev–Trinajstić information content (AvgIpc) is 2.80. The molecule has 1 aliphatic carbocycles. The van der Waals surface area contributed by atoms with Crippen molar-refractivity contribution in [1.29, 1.82) is 0 Å². The zero-order valence-electron chi connectivity index (χ0n) is 16.9. The summed E-state index contributed by atoms with van der Waals surface area (Å²) in [5.74, 6) is 0.879. The number of ether oxygens (including phenoxy) is 1. The van der Waals surface area contributed by atoms with E-state index in [1.54, 1.807) is 6.20 Å². The maximum Gasteiger partial charge on any atom is 0.130 e. The van der Waals surface area contributed by atoms with E-state index in [-0.39, 0.29) is 5.41 Å². The largest absolute Gasteiger partial charge is 0.487 e. The molecule has 30 heavy (non-hydrogen) atoms. The van der Waals surface area contributed by atoms with Gasteiger partial charge in [0, 0.05) is 23.4 Å². The molecule has 3 nitrogen and oxygen atoms in total. The van der Waals surface area contributed by atoms with E-state index in [1.807, 2.05) is 36.5 Å². The molecule has 0 N–H and O–H groups in total. The Hall–Kier alpha value is -3.46. The van der Waals surface area contributed by atoms with Gasteiger partial charge in [-0.15, -0.1) is 0 Å². The molecule has 0 spiro atoms. The first-order valence-electron chi connectivity index (χ1n) is 10.5. The molecular formula is C27H24N2O. The Morgan fingerprint density at radius 1 is 0.700 bits per heavy atom. The Morgan fingerprint density at radius 2 is 1.37 bits per heavy atom. The van der Waals surface area contributed by atoms with Crippen LogP contribution in [-0.2, 0) is 12.0 Å². The van der Waals surface area contributed by atoms with E-state index in [9.17, 15) is 0 Å². The Bertz CT molecular complexity index is 1090. The molecule has 1 saturated carbocycles. The molecule has 5 rings (SSSR count). The lowest BCUT2D eigenvalue weighted by Gasteiger charge is -2.43. The lowest BCUT2D eigenvalue weighted by Crippen LogP contribution is -2.35. The molecule has 2 aromatic heterocycles. The van der Waals surface area contributed by atoms with Gasteiger partial charge in [-0.05, 0) is 60.4 Å². The van der Waals surface area contributed by atoms with Gasteiger partial charge in [0.1, 0.15) is 12.4 Å². The van der Waals surface area contributed by atoms with Gasteiger partial charge in [-0.25, -0.2) is 0 Å². The number of hydrogen-bond donors (Lipinski definition) is 0. The van der Waals surface area contributed by atoms with Gasteiger partial charge in [0.2, 0.25) is 0 Å². The maximum atomic E-state index is 5.91. The van der Waals surface area contributed by atoms with Crippen LogP contribution in [-0.4, -0.2) is 9.97 Å². The van der Waals surface area contributed by atoms with E-state index in [0.29, 0.717) is 6.61 Å². The third kappa shape index (κ3) is 3.59. The summed E-state index contributed by atoms with van der Waals surface area (Å²) < 4.78 is 5.91. The van der Waals surface area contributed by atoms with Gasteiger partial charge < -0.3 is 4.74 Å². The Morgan fingerprint density at radius 3 is 1.93 bits per heavy atom. The normalized spacial score (nSPS) is 14.7. The number of benzene rings is 2. The Balaban J connectivity index is 1.34. The molecule has 0 unspecified atom stereocenters.